The maximum absolute atomic E-state index is 15.3. The number of nitrogens with one attached hydrogen (secondary N) is 1. The fourth-order valence-electron chi connectivity index (χ4n) is 6.30. The topological polar surface area (TPSA) is 126 Å². The molecule has 0 radical (unpaired) electrons. The molecule has 3 unspecified atom stereocenters. The number of tetrazole rings is 1. The van der Waals surface area contributed by atoms with Crippen molar-refractivity contribution < 1.29 is 14.3 Å². The highest BCUT2D eigenvalue weighted by Crippen LogP contribution is 2.45. The normalized spacial score (nSPS) is 24.2. The first-order valence-electron chi connectivity index (χ1n) is 12.8. The van der Waals surface area contributed by atoms with Gasteiger partial charge in [0.05, 0.1) is 34.3 Å². The monoisotopic (exact) mass is 546 g/mol. The first-order valence-corrected chi connectivity index (χ1v) is 13.2. The van der Waals surface area contributed by atoms with Crippen LogP contribution in [-0.2, 0) is 16.8 Å². The number of aliphatic hydroxyl groups is 1. The molecule has 0 spiro atoms. The number of aromatic nitrogens is 7. The molecule has 2 N–H and O–H groups in total. The highest BCUT2D eigenvalue weighted by molar-refractivity contribution is 6.31. The zero-order chi connectivity index (χ0) is 26.9. The average molecular weight is 547 g/mol. The van der Waals surface area contributed by atoms with E-state index in [4.69, 9.17) is 11.6 Å². The zero-order valence-electron chi connectivity index (χ0n) is 21.0. The van der Waals surface area contributed by atoms with E-state index in [1.54, 1.807) is 25.4 Å². The first kappa shape index (κ1) is 24.1. The second-order valence-electron chi connectivity index (χ2n) is 10.5. The number of hydrogen-bond donors (Lipinski definition) is 2. The third kappa shape index (κ3) is 3.79. The Morgan fingerprint density at radius 1 is 1.23 bits per heavy atom. The Morgan fingerprint density at radius 2 is 2.10 bits per heavy atom. The highest BCUT2D eigenvalue weighted by Gasteiger charge is 2.42. The maximum atomic E-state index is 15.3. The van der Waals surface area contributed by atoms with Crippen LogP contribution in [0.5, 0.6) is 0 Å². The Labute approximate surface area is 227 Å². The molecule has 1 aromatic carbocycles. The molecule has 3 aliphatic rings. The molecule has 3 aromatic heterocycles. The van der Waals surface area contributed by atoms with Gasteiger partial charge in [-0.3, -0.25) is 9.78 Å². The molecular weight excluding hydrogens is 523 g/mol. The Hall–Kier alpha value is -3.96. The molecule has 1 saturated heterocycles. The summed E-state index contributed by atoms with van der Waals surface area (Å²) in [5, 5.41) is 21.9. The minimum Gasteiger partial charge on any atom is -0.384 e. The average Bonchev–Trinajstić information content (AvgIpc) is 3.72. The lowest BCUT2D eigenvalue weighted by molar-refractivity contribution is -0.129. The molecule has 3 atom stereocenters. The van der Waals surface area contributed by atoms with E-state index in [1.807, 2.05) is 11.0 Å². The van der Waals surface area contributed by atoms with E-state index in [0.29, 0.717) is 35.6 Å². The van der Waals surface area contributed by atoms with Crippen LogP contribution in [0.2, 0.25) is 5.02 Å². The number of rotatable bonds is 4. The number of amides is 1. The summed E-state index contributed by atoms with van der Waals surface area (Å²) >= 11 is 6.13. The number of benzene rings is 1. The van der Waals surface area contributed by atoms with Gasteiger partial charge in [-0.05, 0) is 78.8 Å². The van der Waals surface area contributed by atoms with E-state index in [1.165, 1.54) is 23.2 Å². The molecule has 0 saturated carbocycles. The number of H-pyrrole nitrogens is 1. The lowest BCUT2D eigenvalue weighted by Crippen LogP contribution is -2.39. The molecule has 1 fully saturated rings. The van der Waals surface area contributed by atoms with Crippen molar-refractivity contribution in [2.24, 2.45) is 0 Å². The molecule has 12 heteroatoms. The first-order chi connectivity index (χ1) is 18.8. The number of nitrogens with zero attached hydrogens (tertiary/aromatic N) is 7. The summed E-state index contributed by atoms with van der Waals surface area (Å²) in [6.45, 7) is 1.79. The molecule has 39 heavy (non-hydrogen) atoms. The van der Waals surface area contributed by atoms with Crippen molar-refractivity contribution in [1.29, 1.82) is 0 Å². The van der Waals surface area contributed by atoms with Gasteiger partial charge in [-0.25, -0.2) is 9.37 Å². The van der Waals surface area contributed by atoms with Gasteiger partial charge < -0.3 is 15.0 Å². The molecule has 2 aliphatic heterocycles. The number of pyridine rings is 1. The van der Waals surface area contributed by atoms with Crippen molar-refractivity contribution in [3.63, 3.8) is 0 Å². The van der Waals surface area contributed by atoms with E-state index in [9.17, 15) is 9.90 Å². The second kappa shape index (κ2) is 8.78. The number of carbonyl (C=O) groups excluding carboxylic acids is 1. The van der Waals surface area contributed by atoms with Gasteiger partial charge >= 0.3 is 0 Å². The van der Waals surface area contributed by atoms with Crippen LogP contribution in [0.25, 0.3) is 22.5 Å². The largest absolute Gasteiger partial charge is 0.384 e. The lowest BCUT2D eigenvalue weighted by Gasteiger charge is -2.33. The molecule has 10 nitrogen and oxygen atoms in total. The quantitative estimate of drug-likeness (QED) is 0.397. The molecule has 4 aromatic rings. The van der Waals surface area contributed by atoms with Gasteiger partial charge in [0.25, 0.3) is 0 Å². The van der Waals surface area contributed by atoms with Crippen LogP contribution in [0.3, 0.4) is 0 Å². The summed E-state index contributed by atoms with van der Waals surface area (Å²) in [5.41, 5.74) is 3.79. The minimum atomic E-state index is -0.941. The fourth-order valence-corrected chi connectivity index (χ4v) is 6.45. The van der Waals surface area contributed by atoms with Crippen molar-refractivity contribution in [2.45, 2.75) is 56.7 Å². The van der Waals surface area contributed by atoms with Crippen molar-refractivity contribution in [3.05, 3.63) is 76.5 Å². The zero-order valence-corrected chi connectivity index (χ0v) is 21.7. The molecular formula is C27H24ClFN8O2. The van der Waals surface area contributed by atoms with E-state index in [2.05, 4.69) is 30.5 Å². The van der Waals surface area contributed by atoms with Gasteiger partial charge in [-0.2, -0.15) is 4.68 Å². The van der Waals surface area contributed by atoms with Crippen LogP contribution in [0, 0.1) is 5.82 Å². The summed E-state index contributed by atoms with van der Waals surface area (Å²) in [6, 6.07) is 4.68. The van der Waals surface area contributed by atoms with Crippen LogP contribution >= 0.6 is 11.6 Å². The van der Waals surface area contributed by atoms with Gasteiger partial charge in [0.1, 0.15) is 17.8 Å². The molecule has 0 bridgehead atoms. The van der Waals surface area contributed by atoms with E-state index in [-0.39, 0.29) is 28.6 Å². The molecule has 7 rings (SSSR count). The predicted molar refractivity (Wildman–Crippen MR) is 139 cm³/mol. The van der Waals surface area contributed by atoms with E-state index >= 15 is 4.39 Å². The second-order valence-corrected chi connectivity index (χ2v) is 10.9. The van der Waals surface area contributed by atoms with Gasteiger partial charge in [-0.1, -0.05) is 11.6 Å². The Bertz CT molecular complexity index is 1650. The SMILES string of the molecule is CC1(O)CCc2c(-c3cnc(C4CCC5CC(c6c(-n7cnnn7)ccc(Cl)c6F)=CC(=O)N54)[nH]3)ccnc21. The van der Waals surface area contributed by atoms with Crippen LogP contribution in [0.4, 0.5) is 4.39 Å². The maximum Gasteiger partial charge on any atom is 0.247 e. The number of carbonyl (C=O) groups is 1. The number of imidazole rings is 1. The van der Waals surface area contributed by atoms with Crippen molar-refractivity contribution in [2.75, 3.05) is 0 Å². The van der Waals surface area contributed by atoms with Crippen LogP contribution in [-0.4, -0.2) is 57.1 Å². The summed E-state index contributed by atoms with van der Waals surface area (Å²) < 4.78 is 16.7. The Morgan fingerprint density at radius 3 is 2.92 bits per heavy atom. The molecule has 5 heterocycles. The summed E-state index contributed by atoms with van der Waals surface area (Å²) in [4.78, 5) is 27.9. The van der Waals surface area contributed by atoms with E-state index in [0.717, 1.165) is 36.1 Å². The predicted octanol–water partition coefficient (Wildman–Crippen LogP) is 3.91. The van der Waals surface area contributed by atoms with Crippen molar-refractivity contribution in [3.8, 4) is 16.9 Å². The number of halogens is 2. The third-order valence-corrected chi connectivity index (χ3v) is 8.42. The number of hydrogen-bond acceptors (Lipinski definition) is 7. The standard InChI is InChI=1S/C27H24ClFN8O2/c1-27(39)8-6-17-16(7-9-30-25(17)27)19-12-31-26(33-19)21-4-2-15-10-14(11-22(38)37(15)21)23-20(36-13-32-34-35-36)5-3-18(28)24(23)29/h3,5,7,9,11-13,15,21,39H,2,4,6,8,10H2,1H3,(H,31,33). The van der Waals surface area contributed by atoms with Gasteiger partial charge in [0.2, 0.25) is 5.91 Å². The lowest BCUT2D eigenvalue weighted by atomic mass is 9.92. The van der Waals surface area contributed by atoms with Gasteiger partial charge in [0.15, 0.2) is 5.82 Å². The Kier molecular flexibility index (Phi) is 5.43. The summed E-state index contributed by atoms with van der Waals surface area (Å²) in [7, 11) is 0. The van der Waals surface area contributed by atoms with Crippen LogP contribution in [0.15, 0.2) is 43.0 Å². The van der Waals surface area contributed by atoms with Crippen molar-refractivity contribution >= 4 is 23.1 Å². The van der Waals surface area contributed by atoms with Gasteiger partial charge in [0, 0.05) is 29.4 Å². The minimum absolute atomic E-state index is 0.0332. The highest BCUT2D eigenvalue weighted by atomic mass is 35.5. The summed E-state index contributed by atoms with van der Waals surface area (Å²) in [6.07, 6.45) is 9.65. The third-order valence-electron chi connectivity index (χ3n) is 8.13. The van der Waals surface area contributed by atoms with Crippen LogP contribution in [0.1, 0.15) is 61.3 Å². The molecule has 1 amide bonds. The Balaban J connectivity index is 1.21. The van der Waals surface area contributed by atoms with E-state index < -0.39 is 11.4 Å². The van der Waals surface area contributed by atoms with Gasteiger partial charge in [-0.15, -0.1) is 5.10 Å². The molecule has 1 aliphatic carbocycles. The van der Waals surface area contributed by atoms with Crippen LogP contribution < -0.4 is 0 Å². The number of fused-ring (bicyclic) bond motifs is 2. The summed E-state index contributed by atoms with van der Waals surface area (Å²) in [5.74, 6) is -0.104. The fraction of sp³-hybridized carbons (Fsp3) is 0.333. The van der Waals surface area contributed by atoms with Crippen molar-refractivity contribution in [1.82, 2.24) is 40.1 Å². The smallest absolute Gasteiger partial charge is 0.247 e. The molecule has 198 valence electrons. The number of aromatic amines is 1.